The van der Waals surface area contributed by atoms with Crippen molar-refractivity contribution in [1.29, 1.82) is 0 Å². The maximum atomic E-state index is 13.0. The average molecular weight is 1590 g/mol. The zero-order valence-corrected chi connectivity index (χ0v) is 70.8. The van der Waals surface area contributed by atoms with E-state index in [1.54, 1.807) is 0 Å². The molecule has 0 aliphatic carbocycles. The first-order valence-corrected chi connectivity index (χ1v) is 45.7. The zero-order chi connectivity index (χ0) is 80.8. The third-order valence-corrected chi connectivity index (χ3v) is 19.2. The fourth-order valence-electron chi connectivity index (χ4n) is 10.9. The molecule has 0 saturated carbocycles. The van der Waals surface area contributed by atoms with Crippen molar-refractivity contribution in [3.63, 3.8) is 0 Å². The van der Waals surface area contributed by atoms with Crippen molar-refractivity contribution in [2.24, 2.45) is 0 Å². The number of phosphoric ester groups is 2. The molecule has 0 aromatic heterocycles. The van der Waals surface area contributed by atoms with Crippen LogP contribution in [-0.4, -0.2) is 95.9 Å². The molecule has 5 unspecified atom stereocenters. The van der Waals surface area contributed by atoms with Crippen molar-refractivity contribution >= 4 is 33.6 Å². The van der Waals surface area contributed by atoms with Gasteiger partial charge in [0.2, 0.25) is 0 Å². The van der Waals surface area contributed by atoms with Crippen molar-refractivity contribution < 1.29 is 75.8 Å². The molecule has 16 nitrogen and oxygen atoms in total. The minimum Gasteiger partial charge on any atom is -0.463 e. The maximum absolute atomic E-state index is 13.0. The van der Waals surface area contributed by atoms with Crippen LogP contribution in [0.4, 0.5) is 0 Å². The largest absolute Gasteiger partial charge is 0.472 e. The lowest BCUT2D eigenvalue weighted by Crippen LogP contribution is -2.30. The predicted molar refractivity (Wildman–Crippen MR) is 463 cm³/mol. The Bertz CT molecular complexity index is 2800. The summed E-state index contributed by atoms with van der Waals surface area (Å²) >= 11 is 0. The summed E-state index contributed by atoms with van der Waals surface area (Å²) in [5.74, 6) is -1.68. The van der Waals surface area contributed by atoms with E-state index in [2.05, 4.69) is 203 Å². The first kappa shape index (κ1) is 105. The van der Waals surface area contributed by atoms with Gasteiger partial charge in [0.25, 0.3) is 0 Å². The lowest BCUT2D eigenvalue weighted by molar-refractivity contribution is -0.161. The van der Waals surface area contributed by atoms with Gasteiger partial charge in [0.1, 0.15) is 25.4 Å². The van der Waals surface area contributed by atoms with E-state index in [0.29, 0.717) is 25.7 Å². The average Bonchev–Trinajstić information content (AvgIpc) is 0.904. The van der Waals surface area contributed by atoms with E-state index in [0.717, 1.165) is 148 Å². The Morgan fingerprint density at radius 2 is 0.459 bits per heavy atom. The monoisotopic (exact) mass is 1590 g/mol. The van der Waals surface area contributed by atoms with Gasteiger partial charge in [-0.1, -0.05) is 337 Å². The van der Waals surface area contributed by atoms with E-state index in [9.17, 15) is 43.5 Å². The van der Waals surface area contributed by atoms with Crippen LogP contribution in [0.15, 0.2) is 194 Å². The second kappa shape index (κ2) is 83.8. The number of rotatable bonds is 79. The van der Waals surface area contributed by atoms with Crippen molar-refractivity contribution in [3.8, 4) is 0 Å². The predicted octanol–water partition coefficient (Wildman–Crippen LogP) is 25.9. The molecule has 0 saturated heterocycles. The highest BCUT2D eigenvalue weighted by Crippen LogP contribution is 2.45. The third-order valence-electron chi connectivity index (χ3n) is 17.3. The number of unbranched alkanes of at least 4 members (excludes halogenated alkanes) is 24. The second-order valence-electron chi connectivity index (χ2n) is 27.8. The highest BCUT2D eigenvalue weighted by atomic mass is 31.2. The van der Waals surface area contributed by atoms with Gasteiger partial charge in [-0.05, 0) is 154 Å². The molecule has 0 aliphatic rings. The highest BCUT2D eigenvalue weighted by Gasteiger charge is 2.29. The van der Waals surface area contributed by atoms with E-state index >= 15 is 0 Å². The molecule has 0 rings (SSSR count). The Kier molecular flexibility index (Phi) is 79.6. The minimum atomic E-state index is -4.96. The summed E-state index contributed by atoms with van der Waals surface area (Å²) in [6.07, 6.45) is 111. The minimum absolute atomic E-state index is 0.0131. The number of ether oxygens (including phenoxy) is 3. The van der Waals surface area contributed by atoms with Crippen LogP contribution >= 0.6 is 15.6 Å². The Morgan fingerprint density at radius 1 is 0.252 bits per heavy atom. The van der Waals surface area contributed by atoms with E-state index in [4.69, 9.17) is 32.3 Å². The molecule has 111 heavy (non-hydrogen) atoms. The molecule has 4 N–H and O–H groups in total. The number of carbonyl (C=O) groups excluding carboxylic acids is 3. The van der Waals surface area contributed by atoms with Crippen molar-refractivity contribution in [1.82, 2.24) is 0 Å². The molecule has 0 fully saturated rings. The number of carbonyl (C=O) groups is 3. The molecular weight excluding hydrogens is 1430 g/mol. The van der Waals surface area contributed by atoms with Gasteiger partial charge in [0.15, 0.2) is 6.10 Å². The van der Waals surface area contributed by atoms with Gasteiger partial charge < -0.3 is 34.2 Å². The van der Waals surface area contributed by atoms with Crippen LogP contribution in [-0.2, 0) is 55.8 Å². The van der Waals surface area contributed by atoms with Gasteiger partial charge in [-0.15, -0.1) is 0 Å². The number of allylic oxidation sites excluding steroid dienone is 32. The number of phosphoric acid groups is 2. The SMILES string of the molecule is CC/C=C\C/C=C\C/C=C\C/C=C\C/C=C\C/C=C\CCCCCCC(=O)OCC(COP(=O)(O)OCC(O)COP(=O)(O)OCC(O)COC(=O)CCCCCCCCCCCCCCCCCCCCC/C=C\C/C=C\C/C=C\C/C=C\C/C=C\CC)OC(=O)CCC/C=C\C/C=C\C/C=C\C/C=C\C/C=C\CC. The number of aliphatic hydroxyl groups is 2. The van der Waals surface area contributed by atoms with Crippen LogP contribution in [0.1, 0.15) is 316 Å². The van der Waals surface area contributed by atoms with Crippen LogP contribution in [0.2, 0.25) is 0 Å². The number of aliphatic hydroxyl groups excluding tert-OH is 2. The number of esters is 3. The van der Waals surface area contributed by atoms with Crippen molar-refractivity contribution in [2.75, 3.05) is 39.6 Å². The normalized spacial score (nSPS) is 14.8. The summed E-state index contributed by atoms with van der Waals surface area (Å²) in [5.41, 5.74) is 0. The summed E-state index contributed by atoms with van der Waals surface area (Å²) in [7, 11) is -9.84. The second-order valence-corrected chi connectivity index (χ2v) is 30.7. The molecule has 0 aromatic rings. The van der Waals surface area contributed by atoms with Gasteiger partial charge in [0.05, 0.1) is 26.4 Å². The highest BCUT2D eigenvalue weighted by molar-refractivity contribution is 7.47. The third kappa shape index (κ3) is 85.1. The molecule has 0 aliphatic heterocycles. The van der Waals surface area contributed by atoms with Crippen LogP contribution in [0.5, 0.6) is 0 Å². The Labute approximate surface area is 674 Å². The Hall–Kier alpha value is -5.61. The number of hydrogen-bond acceptors (Lipinski definition) is 14. The van der Waals surface area contributed by atoms with E-state index in [1.165, 1.54) is 103 Å². The van der Waals surface area contributed by atoms with Gasteiger partial charge in [0, 0.05) is 19.3 Å². The Balaban J connectivity index is 4.53. The molecule has 5 atom stereocenters. The molecule has 0 amide bonds. The van der Waals surface area contributed by atoms with Gasteiger partial charge in [-0.2, -0.15) is 0 Å². The van der Waals surface area contributed by atoms with Gasteiger partial charge in [-0.25, -0.2) is 9.13 Å². The zero-order valence-electron chi connectivity index (χ0n) is 69.1. The molecular formula is C93H152O16P2. The summed E-state index contributed by atoms with van der Waals surface area (Å²) in [5, 5.41) is 20.7. The standard InChI is InChI=1S/C93H152O16P2/c1-4-7-10-13-16-19-22-25-28-31-33-35-37-38-39-40-41-42-43-44-45-46-47-48-50-52-53-56-58-61-64-67-70-73-76-79-91(96)103-82-88(94)83-105-110(99,100)106-84-89(95)85-107-111(101,102)108-87-90(109-93(98)81-78-75-72-69-66-63-60-55-30-27-24-21-18-15-12-9-6-3)86-104-92(97)80-77-74-71-68-65-62-59-57-54-51-49-36-34-32-29-26-23-20-17-14-11-8-5-2/h7-12,16-21,25-30,33-36,38-39,51,54,59-60,62-63,69,72,88-90,94-95H,4-6,13-15,22-24,31-32,37,40-50,52-53,55-58,61,64-68,70-71,73-87H2,1-3H3,(H,99,100)(H,101,102)/b10-7-,11-8-,12-9-,19-16-,20-17-,21-18-,28-25-,29-26-,30-27-,35-33-,36-34-,39-38-,54-51-,62-59-,63-60-,72-69-. The summed E-state index contributed by atoms with van der Waals surface area (Å²) < 4.78 is 61.2. The number of hydrogen-bond donors (Lipinski definition) is 4. The smallest absolute Gasteiger partial charge is 0.463 e. The molecule has 0 bridgehead atoms. The Morgan fingerprint density at radius 3 is 0.739 bits per heavy atom. The topological polar surface area (TPSA) is 231 Å². The van der Waals surface area contributed by atoms with E-state index < -0.39 is 91.5 Å². The van der Waals surface area contributed by atoms with Crippen LogP contribution in [0.25, 0.3) is 0 Å². The lowest BCUT2D eigenvalue weighted by atomic mass is 10.0. The van der Waals surface area contributed by atoms with E-state index in [-0.39, 0.29) is 19.3 Å². The quantitative estimate of drug-likeness (QED) is 0.0146. The lowest BCUT2D eigenvalue weighted by Gasteiger charge is -2.21. The molecule has 630 valence electrons. The first-order valence-electron chi connectivity index (χ1n) is 42.7. The maximum Gasteiger partial charge on any atom is 0.472 e. The summed E-state index contributed by atoms with van der Waals surface area (Å²) in [4.78, 5) is 58.7. The summed E-state index contributed by atoms with van der Waals surface area (Å²) in [6, 6.07) is 0. The van der Waals surface area contributed by atoms with Crippen molar-refractivity contribution in [2.45, 2.75) is 334 Å². The molecule has 0 spiro atoms. The van der Waals surface area contributed by atoms with Gasteiger partial charge in [-0.3, -0.25) is 32.5 Å². The molecule has 0 aromatic carbocycles. The van der Waals surface area contributed by atoms with E-state index in [1.807, 2.05) is 12.2 Å². The van der Waals surface area contributed by atoms with Crippen LogP contribution in [0.3, 0.4) is 0 Å². The summed E-state index contributed by atoms with van der Waals surface area (Å²) in [6.45, 7) is 2.24. The first-order chi connectivity index (χ1) is 54.2. The fraction of sp³-hybridized carbons (Fsp3) is 0.624. The van der Waals surface area contributed by atoms with Crippen molar-refractivity contribution in [3.05, 3.63) is 194 Å². The fourth-order valence-corrected chi connectivity index (χ4v) is 12.5. The van der Waals surface area contributed by atoms with Gasteiger partial charge >= 0.3 is 33.6 Å². The van der Waals surface area contributed by atoms with Crippen LogP contribution in [0, 0.1) is 0 Å². The molecule has 0 heterocycles. The van der Waals surface area contributed by atoms with Crippen LogP contribution < -0.4 is 0 Å². The molecule has 0 radical (unpaired) electrons. The molecule has 18 heteroatoms.